The van der Waals surface area contributed by atoms with Gasteiger partial charge < -0.3 is 24.6 Å². The average molecular weight is 412 g/mol. The predicted molar refractivity (Wildman–Crippen MR) is 103 cm³/mol. The molecule has 0 aromatic heterocycles. The van der Waals surface area contributed by atoms with Crippen molar-refractivity contribution in [3.8, 4) is 5.75 Å². The molecule has 2 aromatic rings. The van der Waals surface area contributed by atoms with E-state index in [1.54, 1.807) is 24.3 Å². The first kappa shape index (κ1) is 21.0. The normalized spacial score (nSPS) is 17.9. The van der Waals surface area contributed by atoms with Crippen molar-refractivity contribution in [1.29, 1.82) is 0 Å². The van der Waals surface area contributed by atoms with Crippen molar-refractivity contribution in [3.05, 3.63) is 71.0 Å². The van der Waals surface area contributed by atoms with Gasteiger partial charge in [-0.3, -0.25) is 9.59 Å². The van der Waals surface area contributed by atoms with Crippen LogP contribution in [0.2, 0.25) is 0 Å². The Labute approximate surface area is 172 Å². The number of aliphatic hydroxyl groups is 1. The standard InChI is InChI=1S/C22H20FNO6/c1-30-16-10-6-14(7-11-16)20(27)18-19(13-4-8-15(23)9-5-13)24(22(29)21(18)28)12-2-3-17(25)26/h4-11,19,27H,2-3,12H2,1H3,(H,25,26)/p-1/t19-/m0/s1. The van der Waals surface area contributed by atoms with Crippen molar-refractivity contribution >= 4 is 23.4 Å². The lowest BCUT2D eigenvalue weighted by molar-refractivity contribution is -0.305. The van der Waals surface area contributed by atoms with Crippen molar-refractivity contribution in [1.82, 2.24) is 4.90 Å². The molecule has 1 heterocycles. The Kier molecular flexibility index (Phi) is 6.15. The zero-order chi connectivity index (χ0) is 21.8. The molecule has 0 unspecified atom stereocenters. The van der Waals surface area contributed by atoms with Gasteiger partial charge in [-0.05, 0) is 54.8 Å². The maximum Gasteiger partial charge on any atom is 0.295 e. The highest BCUT2D eigenvalue weighted by atomic mass is 19.1. The van der Waals surface area contributed by atoms with E-state index in [1.807, 2.05) is 0 Å². The van der Waals surface area contributed by atoms with Crippen molar-refractivity contribution < 1.29 is 33.7 Å². The molecule has 8 heteroatoms. The Balaban J connectivity index is 2.07. The van der Waals surface area contributed by atoms with Gasteiger partial charge in [-0.2, -0.15) is 0 Å². The number of amides is 1. The zero-order valence-electron chi connectivity index (χ0n) is 16.1. The number of aliphatic hydroxyl groups excluding tert-OH is 1. The summed E-state index contributed by atoms with van der Waals surface area (Å²) >= 11 is 0. The molecule has 2 aromatic carbocycles. The second-order valence-electron chi connectivity index (χ2n) is 6.75. The predicted octanol–water partition coefficient (Wildman–Crippen LogP) is 1.79. The van der Waals surface area contributed by atoms with E-state index in [1.165, 1.54) is 36.3 Å². The number of hydrogen-bond donors (Lipinski definition) is 1. The molecule has 0 radical (unpaired) electrons. The number of Topliss-reactive ketones (excluding diaryl/α,β-unsaturated/α-hetero) is 1. The fraction of sp³-hybridized carbons (Fsp3) is 0.227. The number of methoxy groups -OCH3 is 1. The molecule has 7 nitrogen and oxygen atoms in total. The largest absolute Gasteiger partial charge is 0.550 e. The van der Waals surface area contributed by atoms with Crippen LogP contribution in [-0.2, 0) is 14.4 Å². The highest BCUT2D eigenvalue weighted by Gasteiger charge is 2.45. The van der Waals surface area contributed by atoms with Gasteiger partial charge in [0.25, 0.3) is 11.7 Å². The Morgan fingerprint density at radius 1 is 1.13 bits per heavy atom. The Hall–Kier alpha value is -3.68. The minimum Gasteiger partial charge on any atom is -0.550 e. The van der Waals surface area contributed by atoms with E-state index >= 15 is 0 Å². The monoisotopic (exact) mass is 412 g/mol. The molecular formula is C22H19FNO6-. The number of halogens is 1. The first-order valence-corrected chi connectivity index (χ1v) is 9.21. The third kappa shape index (κ3) is 4.17. The van der Waals surface area contributed by atoms with Crippen LogP contribution in [0.4, 0.5) is 4.39 Å². The number of hydrogen-bond acceptors (Lipinski definition) is 6. The second-order valence-corrected chi connectivity index (χ2v) is 6.75. The van der Waals surface area contributed by atoms with Crippen molar-refractivity contribution in [3.63, 3.8) is 0 Å². The van der Waals surface area contributed by atoms with E-state index in [0.717, 1.165) is 0 Å². The van der Waals surface area contributed by atoms with Crippen molar-refractivity contribution in [2.75, 3.05) is 13.7 Å². The van der Waals surface area contributed by atoms with Crippen LogP contribution in [0.1, 0.15) is 30.0 Å². The van der Waals surface area contributed by atoms with Crippen molar-refractivity contribution in [2.24, 2.45) is 0 Å². The summed E-state index contributed by atoms with van der Waals surface area (Å²) in [6.07, 6.45) is -0.229. The quantitative estimate of drug-likeness (QED) is 0.422. The highest BCUT2D eigenvalue weighted by molar-refractivity contribution is 6.46. The first-order chi connectivity index (χ1) is 14.3. The van der Waals surface area contributed by atoms with E-state index in [-0.39, 0.29) is 30.7 Å². The number of carbonyl (C=O) groups excluding carboxylic acids is 3. The molecule has 0 spiro atoms. The fourth-order valence-corrected chi connectivity index (χ4v) is 3.40. The number of benzene rings is 2. The van der Waals surface area contributed by atoms with Gasteiger partial charge >= 0.3 is 0 Å². The fourth-order valence-electron chi connectivity index (χ4n) is 3.40. The molecule has 1 amide bonds. The van der Waals surface area contributed by atoms with Gasteiger partial charge in [0, 0.05) is 18.1 Å². The minimum atomic E-state index is -1.27. The molecule has 0 aliphatic carbocycles. The highest BCUT2D eigenvalue weighted by Crippen LogP contribution is 2.39. The SMILES string of the molecule is COc1ccc(C(O)=C2C(=O)C(=O)N(CCCC(=O)[O-])[C@H]2c2ccc(F)cc2)cc1. The van der Waals surface area contributed by atoms with E-state index in [9.17, 15) is 29.0 Å². The van der Waals surface area contributed by atoms with Crippen LogP contribution in [0, 0.1) is 5.82 Å². The summed E-state index contributed by atoms with van der Waals surface area (Å²) in [5.41, 5.74) is 0.569. The van der Waals surface area contributed by atoms with Gasteiger partial charge in [-0.25, -0.2) is 4.39 Å². The summed E-state index contributed by atoms with van der Waals surface area (Å²) in [5, 5.41) is 21.6. The van der Waals surface area contributed by atoms with Crippen LogP contribution in [0.3, 0.4) is 0 Å². The number of nitrogens with zero attached hydrogens (tertiary/aromatic N) is 1. The zero-order valence-corrected chi connectivity index (χ0v) is 16.1. The molecule has 1 aliphatic heterocycles. The van der Waals surface area contributed by atoms with Crippen LogP contribution < -0.4 is 9.84 Å². The molecule has 3 rings (SSSR count). The summed E-state index contributed by atoms with van der Waals surface area (Å²) in [7, 11) is 1.49. The number of likely N-dealkylation sites (tertiary alicyclic amines) is 1. The molecule has 1 aliphatic rings. The van der Waals surface area contributed by atoms with Gasteiger partial charge in [0.1, 0.15) is 17.3 Å². The van der Waals surface area contributed by atoms with Gasteiger partial charge in [0.2, 0.25) is 0 Å². The third-order valence-electron chi connectivity index (χ3n) is 4.87. The molecule has 0 bridgehead atoms. The van der Waals surface area contributed by atoms with Gasteiger partial charge in [-0.1, -0.05) is 12.1 Å². The van der Waals surface area contributed by atoms with E-state index < -0.39 is 29.5 Å². The maximum absolute atomic E-state index is 13.4. The number of rotatable bonds is 7. The number of carbonyl (C=O) groups is 3. The van der Waals surface area contributed by atoms with E-state index in [2.05, 4.69) is 0 Å². The Bertz CT molecular complexity index is 997. The van der Waals surface area contributed by atoms with Gasteiger partial charge in [0.15, 0.2) is 0 Å². The molecule has 0 saturated carbocycles. The number of ether oxygens (including phenoxy) is 1. The minimum absolute atomic E-state index is 0.0417. The first-order valence-electron chi connectivity index (χ1n) is 9.21. The van der Waals surface area contributed by atoms with Crippen molar-refractivity contribution in [2.45, 2.75) is 18.9 Å². The number of carboxylic acids is 1. The van der Waals surface area contributed by atoms with E-state index in [0.29, 0.717) is 16.9 Å². The van der Waals surface area contributed by atoms with Gasteiger partial charge in [0.05, 0.1) is 18.7 Å². The van der Waals surface area contributed by atoms with E-state index in [4.69, 9.17) is 4.74 Å². The Morgan fingerprint density at radius 3 is 2.33 bits per heavy atom. The summed E-state index contributed by atoms with van der Waals surface area (Å²) in [5.74, 6) is -3.37. The van der Waals surface area contributed by atoms with Crippen LogP contribution in [0.5, 0.6) is 5.75 Å². The number of carboxylic acid groups (broad SMARTS) is 1. The van der Waals surface area contributed by atoms with Crippen LogP contribution in [0.15, 0.2) is 54.1 Å². The number of ketones is 1. The molecule has 1 fully saturated rings. The number of aliphatic carboxylic acids is 1. The Morgan fingerprint density at radius 2 is 1.77 bits per heavy atom. The van der Waals surface area contributed by atoms with Gasteiger partial charge in [-0.15, -0.1) is 0 Å². The molecule has 1 atom stereocenters. The van der Waals surface area contributed by atoms with Crippen LogP contribution in [-0.4, -0.2) is 41.3 Å². The molecule has 1 saturated heterocycles. The molecule has 156 valence electrons. The maximum atomic E-state index is 13.4. The molecule has 1 N–H and O–H groups in total. The topological polar surface area (TPSA) is 107 Å². The molecule has 30 heavy (non-hydrogen) atoms. The summed E-state index contributed by atoms with van der Waals surface area (Å²) in [4.78, 5) is 37.3. The summed E-state index contributed by atoms with van der Waals surface area (Å²) in [6.45, 7) is -0.0417. The third-order valence-corrected chi connectivity index (χ3v) is 4.87. The van der Waals surface area contributed by atoms with Crippen LogP contribution >= 0.6 is 0 Å². The molecular weight excluding hydrogens is 393 g/mol. The summed E-state index contributed by atoms with van der Waals surface area (Å²) < 4.78 is 18.5. The summed E-state index contributed by atoms with van der Waals surface area (Å²) in [6, 6.07) is 10.5. The lowest BCUT2D eigenvalue weighted by Crippen LogP contribution is -2.32. The second kappa shape index (κ2) is 8.77. The average Bonchev–Trinajstić information content (AvgIpc) is 2.98. The smallest absolute Gasteiger partial charge is 0.295 e. The lowest BCUT2D eigenvalue weighted by atomic mass is 9.95. The lowest BCUT2D eigenvalue weighted by Gasteiger charge is -2.25. The van der Waals surface area contributed by atoms with Crippen LogP contribution in [0.25, 0.3) is 5.76 Å².